The van der Waals surface area contributed by atoms with Crippen LogP contribution < -0.4 is 9.47 Å². The normalized spacial score (nSPS) is 10.2. The molecule has 3 nitrogen and oxygen atoms in total. The molecular weight excluding hydrogens is 264 g/mol. The van der Waals surface area contributed by atoms with Crippen molar-refractivity contribution in [3.8, 4) is 11.5 Å². The molecule has 0 aliphatic heterocycles. The Kier molecular flexibility index (Phi) is 5.38. The predicted molar refractivity (Wildman–Crippen MR) is 83.4 cm³/mol. The molecule has 0 atom stereocenters. The third-order valence-electron chi connectivity index (χ3n) is 3.13. The summed E-state index contributed by atoms with van der Waals surface area (Å²) >= 11 is 0. The number of carbonyl (C=O) groups excluding carboxylic acids is 1. The molecule has 0 aromatic heterocycles. The second-order valence-corrected chi connectivity index (χ2v) is 4.90. The second kappa shape index (κ2) is 7.48. The molecule has 0 heterocycles. The van der Waals surface area contributed by atoms with Crippen molar-refractivity contribution in [2.24, 2.45) is 0 Å². The van der Waals surface area contributed by atoms with Crippen molar-refractivity contribution in [3.63, 3.8) is 0 Å². The lowest BCUT2D eigenvalue weighted by molar-refractivity contribution is 0.112. The van der Waals surface area contributed by atoms with Gasteiger partial charge in [0.25, 0.3) is 0 Å². The fraction of sp³-hybridized carbons (Fsp3) is 0.278. The van der Waals surface area contributed by atoms with Crippen LogP contribution in [-0.4, -0.2) is 19.5 Å². The van der Waals surface area contributed by atoms with E-state index in [2.05, 4.69) is 26.0 Å². The average molecular weight is 284 g/mol. The highest BCUT2D eigenvalue weighted by atomic mass is 16.5. The molecule has 3 heteroatoms. The Morgan fingerprint density at radius 3 is 2.48 bits per heavy atom. The summed E-state index contributed by atoms with van der Waals surface area (Å²) in [7, 11) is 0. The van der Waals surface area contributed by atoms with Crippen molar-refractivity contribution in [2.45, 2.75) is 20.3 Å². The molecule has 0 amide bonds. The van der Waals surface area contributed by atoms with Crippen LogP contribution in [0.15, 0.2) is 42.5 Å². The van der Waals surface area contributed by atoms with Crippen LogP contribution in [0.2, 0.25) is 0 Å². The number of carbonyl (C=O) groups is 1. The molecule has 2 rings (SSSR count). The van der Waals surface area contributed by atoms with Gasteiger partial charge in [0.15, 0.2) is 0 Å². The monoisotopic (exact) mass is 284 g/mol. The van der Waals surface area contributed by atoms with Crippen LogP contribution in [0.4, 0.5) is 0 Å². The standard InChI is InChI=1S/C18H20O3/c1-3-15-9-14(2)10-18(11-15)21-8-7-20-17-6-4-5-16(12-17)13-19/h4-6,9-13H,3,7-8H2,1-2H3. The van der Waals surface area contributed by atoms with Gasteiger partial charge in [-0.1, -0.05) is 25.1 Å². The van der Waals surface area contributed by atoms with Crippen molar-refractivity contribution >= 4 is 6.29 Å². The number of ether oxygens (including phenoxy) is 2. The van der Waals surface area contributed by atoms with E-state index in [9.17, 15) is 4.79 Å². The first kappa shape index (κ1) is 15.1. The SMILES string of the molecule is CCc1cc(C)cc(OCCOc2cccc(C=O)c2)c1. The van der Waals surface area contributed by atoms with Crippen LogP contribution in [0.3, 0.4) is 0 Å². The lowest BCUT2D eigenvalue weighted by atomic mass is 10.1. The summed E-state index contributed by atoms with van der Waals surface area (Å²) in [4.78, 5) is 10.7. The average Bonchev–Trinajstić information content (AvgIpc) is 2.51. The molecular formula is C18H20O3. The van der Waals surface area contributed by atoms with Gasteiger partial charge in [-0.3, -0.25) is 4.79 Å². The minimum atomic E-state index is 0.442. The summed E-state index contributed by atoms with van der Waals surface area (Å²) in [5.74, 6) is 1.55. The summed E-state index contributed by atoms with van der Waals surface area (Å²) in [6, 6.07) is 13.3. The van der Waals surface area contributed by atoms with Crippen molar-refractivity contribution in [2.75, 3.05) is 13.2 Å². The lowest BCUT2D eigenvalue weighted by Crippen LogP contribution is -2.09. The molecule has 2 aromatic carbocycles. The van der Waals surface area contributed by atoms with Gasteiger partial charge in [0.05, 0.1) is 0 Å². The maximum atomic E-state index is 10.7. The zero-order valence-electron chi connectivity index (χ0n) is 12.5. The van der Waals surface area contributed by atoms with E-state index in [-0.39, 0.29) is 0 Å². The van der Waals surface area contributed by atoms with Gasteiger partial charge in [0.2, 0.25) is 0 Å². The summed E-state index contributed by atoms with van der Waals surface area (Å²) in [5, 5.41) is 0. The summed E-state index contributed by atoms with van der Waals surface area (Å²) in [6.45, 7) is 5.10. The second-order valence-electron chi connectivity index (χ2n) is 4.90. The molecule has 21 heavy (non-hydrogen) atoms. The zero-order valence-corrected chi connectivity index (χ0v) is 12.5. The number of hydrogen-bond acceptors (Lipinski definition) is 3. The summed E-state index contributed by atoms with van der Waals surface area (Å²) < 4.78 is 11.3. The topological polar surface area (TPSA) is 35.5 Å². The Hall–Kier alpha value is -2.29. The van der Waals surface area contributed by atoms with Crippen LogP contribution >= 0.6 is 0 Å². The van der Waals surface area contributed by atoms with E-state index < -0.39 is 0 Å². The minimum absolute atomic E-state index is 0.442. The van der Waals surface area contributed by atoms with Crippen LogP contribution in [-0.2, 0) is 6.42 Å². The molecule has 0 saturated heterocycles. The van der Waals surface area contributed by atoms with Gasteiger partial charge < -0.3 is 9.47 Å². The highest BCUT2D eigenvalue weighted by Gasteiger charge is 2.00. The van der Waals surface area contributed by atoms with Crippen LogP contribution in [0.25, 0.3) is 0 Å². The molecule has 0 N–H and O–H groups in total. The van der Waals surface area contributed by atoms with Gasteiger partial charge in [-0.2, -0.15) is 0 Å². The summed E-state index contributed by atoms with van der Waals surface area (Å²) in [5.41, 5.74) is 3.08. The van der Waals surface area contributed by atoms with Crippen LogP contribution in [0.5, 0.6) is 11.5 Å². The van der Waals surface area contributed by atoms with Gasteiger partial charge in [-0.15, -0.1) is 0 Å². The van der Waals surface area contributed by atoms with Gasteiger partial charge in [-0.05, 0) is 48.7 Å². The van der Waals surface area contributed by atoms with Crippen LogP contribution in [0, 0.1) is 6.92 Å². The summed E-state index contributed by atoms with van der Waals surface area (Å²) in [6.07, 6.45) is 1.80. The first-order valence-corrected chi connectivity index (χ1v) is 7.12. The number of rotatable bonds is 7. The highest BCUT2D eigenvalue weighted by molar-refractivity contribution is 5.75. The predicted octanol–water partition coefficient (Wildman–Crippen LogP) is 3.83. The third-order valence-corrected chi connectivity index (χ3v) is 3.13. The van der Waals surface area contributed by atoms with Gasteiger partial charge >= 0.3 is 0 Å². The minimum Gasteiger partial charge on any atom is -0.490 e. The molecule has 110 valence electrons. The van der Waals surface area contributed by atoms with Crippen LogP contribution in [0.1, 0.15) is 28.4 Å². The largest absolute Gasteiger partial charge is 0.490 e. The quantitative estimate of drug-likeness (QED) is 0.572. The van der Waals surface area contributed by atoms with Gasteiger partial charge in [-0.25, -0.2) is 0 Å². The van der Waals surface area contributed by atoms with E-state index in [1.54, 1.807) is 18.2 Å². The Bertz CT molecular complexity index is 605. The maximum Gasteiger partial charge on any atom is 0.150 e. The molecule has 2 aromatic rings. The fourth-order valence-electron chi connectivity index (χ4n) is 2.11. The van der Waals surface area contributed by atoms with E-state index >= 15 is 0 Å². The van der Waals surface area contributed by atoms with Gasteiger partial charge in [0.1, 0.15) is 31.0 Å². The highest BCUT2D eigenvalue weighted by Crippen LogP contribution is 2.17. The van der Waals surface area contributed by atoms with E-state index in [0.29, 0.717) is 24.5 Å². The number of hydrogen-bond donors (Lipinski definition) is 0. The molecule has 0 aliphatic rings. The smallest absolute Gasteiger partial charge is 0.150 e. The van der Waals surface area contributed by atoms with E-state index in [0.717, 1.165) is 18.5 Å². The maximum absolute atomic E-state index is 10.7. The molecule has 0 aliphatic carbocycles. The first-order valence-electron chi connectivity index (χ1n) is 7.12. The number of aryl methyl sites for hydroxylation is 2. The first-order chi connectivity index (χ1) is 10.2. The zero-order chi connectivity index (χ0) is 15.1. The third kappa shape index (κ3) is 4.63. The van der Waals surface area contributed by atoms with Crippen molar-refractivity contribution < 1.29 is 14.3 Å². The molecule has 0 unspecified atom stereocenters. The van der Waals surface area contributed by atoms with Gasteiger partial charge in [0, 0.05) is 5.56 Å². The van der Waals surface area contributed by atoms with E-state index in [1.807, 2.05) is 12.1 Å². The number of benzene rings is 2. The Labute approximate surface area is 125 Å². The Morgan fingerprint density at radius 2 is 1.76 bits per heavy atom. The van der Waals surface area contributed by atoms with E-state index in [1.165, 1.54) is 11.1 Å². The van der Waals surface area contributed by atoms with Crippen molar-refractivity contribution in [3.05, 3.63) is 59.2 Å². The molecule has 0 radical (unpaired) electrons. The Balaban J connectivity index is 1.84. The molecule has 0 fully saturated rings. The Morgan fingerprint density at radius 1 is 1.00 bits per heavy atom. The fourth-order valence-corrected chi connectivity index (χ4v) is 2.11. The lowest BCUT2D eigenvalue weighted by Gasteiger charge is -2.10. The van der Waals surface area contributed by atoms with Crippen molar-refractivity contribution in [1.82, 2.24) is 0 Å². The number of aldehydes is 1. The molecule has 0 spiro atoms. The molecule has 0 saturated carbocycles. The van der Waals surface area contributed by atoms with E-state index in [4.69, 9.17) is 9.47 Å². The van der Waals surface area contributed by atoms with Crippen molar-refractivity contribution in [1.29, 1.82) is 0 Å². The molecule has 0 bridgehead atoms.